The Bertz CT molecular complexity index is 363. The number of hydrogen-bond acceptors (Lipinski definition) is 2. The van der Waals surface area contributed by atoms with Gasteiger partial charge in [-0.2, -0.15) is 0 Å². The molecule has 0 aliphatic carbocycles. The van der Waals surface area contributed by atoms with Gasteiger partial charge in [0.1, 0.15) is 0 Å². The molecule has 0 saturated carbocycles. The minimum atomic E-state index is 0.424. The van der Waals surface area contributed by atoms with Crippen LogP contribution in [0.4, 0.5) is 0 Å². The maximum absolute atomic E-state index is 3.52. The fourth-order valence-corrected chi connectivity index (χ4v) is 3.54. The summed E-state index contributed by atoms with van der Waals surface area (Å²) in [5.41, 5.74) is 1.40. The highest BCUT2D eigenvalue weighted by Crippen LogP contribution is 2.28. The standard InChI is InChI=1S/C17H28N2/c1-4-16-12-8-9-13-19(16)14(2)17(18-3)15-10-6-5-7-11-15/h5-7,10-11,14,16-18H,4,8-9,12-13H2,1-3H3. The fraction of sp³-hybridized carbons (Fsp3) is 0.647. The molecule has 3 atom stereocenters. The first kappa shape index (κ1) is 14.5. The summed E-state index contributed by atoms with van der Waals surface area (Å²) in [6.07, 6.45) is 5.39. The predicted molar refractivity (Wildman–Crippen MR) is 82.3 cm³/mol. The third kappa shape index (κ3) is 3.37. The molecule has 2 rings (SSSR count). The third-order valence-corrected chi connectivity index (χ3v) is 4.62. The van der Waals surface area contributed by atoms with Crippen molar-refractivity contribution in [3.63, 3.8) is 0 Å². The van der Waals surface area contributed by atoms with E-state index in [0.29, 0.717) is 12.1 Å². The van der Waals surface area contributed by atoms with Gasteiger partial charge in [0.2, 0.25) is 0 Å². The van der Waals surface area contributed by atoms with Gasteiger partial charge in [-0.25, -0.2) is 0 Å². The maximum atomic E-state index is 3.52. The van der Waals surface area contributed by atoms with Crippen LogP contribution in [0.15, 0.2) is 30.3 Å². The van der Waals surface area contributed by atoms with E-state index in [1.165, 1.54) is 37.8 Å². The third-order valence-electron chi connectivity index (χ3n) is 4.62. The highest BCUT2D eigenvalue weighted by molar-refractivity contribution is 5.20. The number of rotatable bonds is 5. The van der Waals surface area contributed by atoms with E-state index in [4.69, 9.17) is 0 Å². The SMILES string of the molecule is CCC1CCCCN1C(C)C(NC)c1ccccc1. The van der Waals surface area contributed by atoms with Crippen LogP contribution in [0.1, 0.15) is 51.1 Å². The smallest absolute Gasteiger partial charge is 0.0473 e. The molecule has 3 unspecified atom stereocenters. The minimum Gasteiger partial charge on any atom is -0.312 e. The molecule has 0 bridgehead atoms. The van der Waals surface area contributed by atoms with E-state index in [-0.39, 0.29) is 0 Å². The number of likely N-dealkylation sites (N-methyl/N-ethyl adjacent to an activating group) is 1. The predicted octanol–water partition coefficient (Wildman–Crippen LogP) is 3.60. The van der Waals surface area contributed by atoms with Crippen LogP contribution in [0.2, 0.25) is 0 Å². The van der Waals surface area contributed by atoms with Crippen molar-refractivity contribution in [3.05, 3.63) is 35.9 Å². The largest absolute Gasteiger partial charge is 0.312 e. The van der Waals surface area contributed by atoms with Crippen LogP contribution < -0.4 is 5.32 Å². The van der Waals surface area contributed by atoms with E-state index >= 15 is 0 Å². The number of likely N-dealkylation sites (tertiary alicyclic amines) is 1. The molecule has 0 radical (unpaired) electrons. The Hall–Kier alpha value is -0.860. The molecule has 1 heterocycles. The number of benzene rings is 1. The lowest BCUT2D eigenvalue weighted by molar-refractivity contribution is 0.0801. The molecule has 1 aromatic carbocycles. The van der Waals surface area contributed by atoms with Crippen LogP contribution in [-0.2, 0) is 0 Å². The summed E-state index contributed by atoms with van der Waals surface area (Å²) in [5.74, 6) is 0. The van der Waals surface area contributed by atoms with Gasteiger partial charge >= 0.3 is 0 Å². The van der Waals surface area contributed by atoms with Crippen molar-refractivity contribution in [1.29, 1.82) is 0 Å². The zero-order chi connectivity index (χ0) is 13.7. The van der Waals surface area contributed by atoms with E-state index in [0.717, 1.165) is 6.04 Å². The minimum absolute atomic E-state index is 0.424. The van der Waals surface area contributed by atoms with E-state index in [9.17, 15) is 0 Å². The van der Waals surface area contributed by atoms with Crippen LogP contribution in [0.25, 0.3) is 0 Å². The lowest BCUT2D eigenvalue weighted by atomic mass is 9.93. The van der Waals surface area contributed by atoms with Crippen molar-refractivity contribution in [2.75, 3.05) is 13.6 Å². The monoisotopic (exact) mass is 260 g/mol. The van der Waals surface area contributed by atoms with Gasteiger partial charge in [0.05, 0.1) is 0 Å². The second-order valence-corrected chi connectivity index (χ2v) is 5.71. The summed E-state index contributed by atoms with van der Waals surface area (Å²) in [6.45, 7) is 5.96. The van der Waals surface area contributed by atoms with Gasteiger partial charge in [0, 0.05) is 18.1 Å². The molecule has 1 saturated heterocycles. The molecule has 106 valence electrons. The average Bonchev–Trinajstić information content (AvgIpc) is 2.49. The molecule has 1 aromatic rings. The Labute approximate surface area is 118 Å². The molecular formula is C17H28N2. The van der Waals surface area contributed by atoms with E-state index in [2.05, 4.69) is 61.4 Å². The zero-order valence-electron chi connectivity index (χ0n) is 12.6. The molecule has 0 aromatic heterocycles. The molecule has 19 heavy (non-hydrogen) atoms. The van der Waals surface area contributed by atoms with Crippen molar-refractivity contribution in [1.82, 2.24) is 10.2 Å². The summed E-state index contributed by atoms with van der Waals surface area (Å²) in [6, 6.07) is 12.6. The quantitative estimate of drug-likeness (QED) is 0.870. The molecule has 1 N–H and O–H groups in total. The van der Waals surface area contributed by atoms with Crippen LogP contribution in [0, 0.1) is 0 Å². The first-order valence-corrected chi connectivity index (χ1v) is 7.75. The molecule has 1 aliphatic rings. The lowest BCUT2D eigenvalue weighted by Crippen LogP contribution is -2.49. The highest BCUT2D eigenvalue weighted by Gasteiger charge is 2.30. The molecule has 1 aliphatic heterocycles. The average molecular weight is 260 g/mol. The summed E-state index contributed by atoms with van der Waals surface area (Å²) < 4.78 is 0. The summed E-state index contributed by atoms with van der Waals surface area (Å²) in [5, 5.41) is 3.52. The second kappa shape index (κ2) is 7.06. The molecule has 2 nitrogen and oxygen atoms in total. The Kier molecular flexibility index (Phi) is 5.41. The first-order valence-electron chi connectivity index (χ1n) is 7.75. The Morgan fingerprint density at radius 3 is 2.63 bits per heavy atom. The number of hydrogen-bond donors (Lipinski definition) is 1. The molecule has 1 fully saturated rings. The summed E-state index contributed by atoms with van der Waals surface area (Å²) in [7, 11) is 2.08. The topological polar surface area (TPSA) is 15.3 Å². The van der Waals surface area contributed by atoms with Crippen LogP contribution >= 0.6 is 0 Å². The Morgan fingerprint density at radius 2 is 2.00 bits per heavy atom. The van der Waals surface area contributed by atoms with E-state index in [1.807, 2.05) is 0 Å². The van der Waals surface area contributed by atoms with Crippen molar-refractivity contribution < 1.29 is 0 Å². The van der Waals surface area contributed by atoms with Gasteiger partial charge in [0.25, 0.3) is 0 Å². The van der Waals surface area contributed by atoms with Crippen LogP contribution in [0.3, 0.4) is 0 Å². The van der Waals surface area contributed by atoms with Crippen LogP contribution in [-0.4, -0.2) is 30.6 Å². The van der Waals surface area contributed by atoms with Crippen molar-refractivity contribution in [2.24, 2.45) is 0 Å². The van der Waals surface area contributed by atoms with Crippen molar-refractivity contribution in [3.8, 4) is 0 Å². The zero-order valence-corrected chi connectivity index (χ0v) is 12.6. The van der Waals surface area contributed by atoms with E-state index < -0.39 is 0 Å². The van der Waals surface area contributed by atoms with Crippen molar-refractivity contribution >= 4 is 0 Å². The summed E-state index contributed by atoms with van der Waals surface area (Å²) in [4.78, 5) is 2.72. The number of piperidine rings is 1. The Balaban J connectivity index is 2.13. The summed E-state index contributed by atoms with van der Waals surface area (Å²) >= 11 is 0. The van der Waals surface area contributed by atoms with Crippen LogP contribution in [0.5, 0.6) is 0 Å². The fourth-order valence-electron chi connectivity index (χ4n) is 3.54. The number of nitrogens with one attached hydrogen (secondary N) is 1. The van der Waals surface area contributed by atoms with Gasteiger partial charge < -0.3 is 5.32 Å². The normalized spacial score (nSPS) is 24.1. The van der Waals surface area contributed by atoms with Gasteiger partial charge in [0.15, 0.2) is 0 Å². The number of nitrogens with zero attached hydrogens (tertiary/aromatic N) is 1. The Morgan fingerprint density at radius 1 is 1.26 bits per heavy atom. The molecule has 0 amide bonds. The van der Waals surface area contributed by atoms with E-state index in [1.54, 1.807) is 0 Å². The maximum Gasteiger partial charge on any atom is 0.0473 e. The molecule has 0 spiro atoms. The molecular weight excluding hydrogens is 232 g/mol. The highest BCUT2D eigenvalue weighted by atomic mass is 15.2. The van der Waals surface area contributed by atoms with Gasteiger partial charge in [-0.1, -0.05) is 43.7 Å². The first-order chi connectivity index (χ1) is 9.27. The van der Waals surface area contributed by atoms with Crippen molar-refractivity contribution in [2.45, 2.75) is 57.7 Å². The molecule has 2 heteroatoms. The van der Waals surface area contributed by atoms with Gasteiger partial charge in [-0.15, -0.1) is 0 Å². The van der Waals surface area contributed by atoms with Gasteiger partial charge in [-0.05, 0) is 45.3 Å². The lowest BCUT2D eigenvalue weighted by Gasteiger charge is -2.42. The second-order valence-electron chi connectivity index (χ2n) is 5.71. The van der Waals surface area contributed by atoms with Gasteiger partial charge in [-0.3, -0.25) is 4.90 Å².